The fraction of sp³-hybridized carbons (Fsp3) is 0.714. The zero-order valence-corrected chi connectivity index (χ0v) is 10.9. The molecule has 17 heavy (non-hydrogen) atoms. The van der Waals surface area contributed by atoms with Gasteiger partial charge in [-0.15, -0.1) is 0 Å². The van der Waals surface area contributed by atoms with Gasteiger partial charge in [0.1, 0.15) is 0 Å². The maximum atomic E-state index is 3.79. The highest BCUT2D eigenvalue weighted by molar-refractivity contribution is 5.22. The Labute approximate surface area is 104 Å². The molecule has 1 saturated heterocycles. The Bertz CT molecular complexity index is 386. The summed E-state index contributed by atoms with van der Waals surface area (Å²) in [6, 6.07) is 5.18. The predicted molar refractivity (Wildman–Crippen MR) is 70.1 cm³/mol. The molecule has 0 radical (unpaired) electrons. The Kier molecular flexibility index (Phi) is 2.75. The van der Waals surface area contributed by atoms with Crippen molar-refractivity contribution in [1.29, 1.82) is 0 Å². The Morgan fingerprint density at radius 3 is 2.71 bits per heavy atom. The Hall–Kier alpha value is -0.800. The Balaban J connectivity index is 1.82. The van der Waals surface area contributed by atoms with E-state index >= 15 is 0 Å². The lowest BCUT2D eigenvalue weighted by molar-refractivity contribution is 0.0959. The second-order valence-corrected chi connectivity index (χ2v) is 5.73. The fourth-order valence-corrected chi connectivity index (χ4v) is 3.40. The van der Waals surface area contributed by atoms with Gasteiger partial charge in [0, 0.05) is 44.1 Å². The molecule has 1 N–H and O–H groups in total. The number of nitrogens with zero attached hydrogens (tertiary/aromatic N) is 2. The van der Waals surface area contributed by atoms with Gasteiger partial charge in [0.2, 0.25) is 0 Å². The topological polar surface area (TPSA) is 20.2 Å². The van der Waals surface area contributed by atoms with Crippen LogP contribution in [0, 0.1) is 0 Å². The van der Waals surface area contributed by atoms with Crippen molar-refractivity contribution in [3.05, 3.63) is 24.0 Å². The first-order valence-corrected chi connectivity index (χ1v) is 6.86. The number of fused-ring (bicyclic) bond motifs is 2. The van der Waals surface area contributed by atoms with Crippen LogP contribution in [0.25, 0.3) is 0 Å². The van der Waals surface area contributed by atoms with E-state index in [2.05, 4.69) is 47.0 Å². The molecule has 0 atom stereocenters. The molecule has 3 rings (SSSR count). The number of likely N-dealkylation sites (tertiary alicyclic amines) is 1. The molecule has 2 aliphatic rings. The molecule has 0 bridgehead atoms. The summed E-state index contributed by atoms with van der Waals surface area (Å²) in [5.41, 5.74) is 1.76. The third-order valence-corrected chi connectivity index (χ3v) is 4.52. The minimum atomic E-state index is 0.257. The van der Waals surface area contributed by atoms with Gasteiger partial charge in [-0.05, 0) is 38.8 Å². The van der Waals surface area contributed by atoms with Crippen LogP contribution in [0.1, 0.15) is 32.4 Å². The summed E-state index contributed by atoms with van der Waals surface area (Å²) in [6.07, 6.45) is 4.72. The van der Waals surface area contributed by atoms with E-state index in [-0.39, 0.29) is 5.54 Å². The van der Waals surface area contributed by atoms with Crippen molar-refractivity contribution in [3.63, 3.8) is 0 Å². The Morgan fingerprint density at radius 1 is 1.24 bits per heavy atom. The molecule has 3 heteroatoms. The number of piperidine rings is 1. The molecule has 3 nitrogen and oxygen atoms in total. The van der Waals surface area contributed by atoms with Crippen molar-refractivity contribution in [3.8, 4) is 0 Å². The highest BCUT2D eigenvalue weighted by Crippen LogP contribution is 2.35. The smallest absolute Gasteiger partial charge is 0.0613 e. The molecule has 0 amide bonds. The lowest BCUT2D eigenvalue weighted by atomic mass is 9.82. The van der Waals surface area contributed by atoms with Crippen molar-refractivity contribution in [2.45, 2.75) is 44.8 Å². The summed E-state index contributed by atoms with van der Waals surface area (Å²) < 4.78 is 2.43. The highest BCUT2D eigenvalue weighted by Gasteiger charge is 2.39. The standard InChI is InChI=1S/C14H23N3/c1-12(2)16-9-5-14(6-10-16)13-4-3-8-17(13)11-7-15-14/h3-4,8,12,15H,5-7,9-11H2,1-2H3. The van der Waals surface area contributed by atoms with E-state index in [0.717, 1.165) is 13.1 Å². The molecule has 1 aromatic rings. The van der Waals surface area contributed by atoms with Crippen molar-refractivity contribution < 1.29 is 0 Å². The van der Waals surface area contributed by atoms with Gasteiger partial charge < -0.3 is 14.8 Å². The second-order valence-electron chi connectivity index (χ2n) is 5.73. The maximum Gasteiger partial charge on any atom is 0.0613 e. The van der Waals surface area contributed by atoms with Crippen LogP contribution in [0.5, 0.6) is 0 Å². The van der Waals surface area contributed by atoms with E-state index in [4.69, 9.17) is 0 Å². The third-order valence-electron chi connectivity index (χ3n) is 4.52. The average molecular weight is 233 g/mol. The molecule has 0 aliphatic carbocycles. The molecule has 1 fully saturated rings. The summed E-state index contributed by atoms with van der Waals surface area (Å²) >= 11 is 0. The molecule has 0 saturated carbocycles. The first kappa shape index (κ1) is 11.3. The molecule has 3 heterocycles. The summed E-state index contributed by atoms with van der Waals surface area (Å²) in [7, 11) is 0. The van der Waals surface area contributed by atoms with Crippen LogP contribution < -0.4 is 5.32 Å². The number of nitrogens with one attached hydrogen (secondary N) is 1. The van der Waals surface area contributed by atoms with Crippen LogP contribution in [0.15, 0.2) is 18.3 Å². The molecule has 1 spiro atoms. The van der Waals surface area contributed by atoms with E-state index in [9.17, 15) is 0 Å². The number of aromatic nitrogens is 1. The monoisotopic (exact) mass is 233 g/mol. The van der Waals surface area contributed by atoms with Crippen LogP contribution in [-0.2, 0) is 12.1 Å². The van der Waals surface area contributed by atoms with Gasteiger partial charge >= 0.3 is 0 Å². The van der Waals surface area contributed by atoms with Gasteiger partial charge in [-0.25, -0.2) is 0 Å². The fourth-order valence-electron chi connectivity index (χ4n) is 3.40. The van der Waals surface area contributed by atoms with Crippen molar-refractivity contribution >= 4 is 0 Å². The SMILES string of the molecule is CC(C)N1CCC2(CC1)NCCn1cccc12. The summed E-state index contributed by atoms with van der Waals surface area (Å²) in [4.78, 5) is 2.59. The van der Waals surface area contributed by atoms with E-state index in [1.165, 1.54) is 31.6 Å². The lowest BCUT2D eigenvalue weighted by Gasteiger charge is -2.46. The number of hydrogen-bond donors (Lipinski definition) is 1. The first-order valence-electron chi connectivity index (χ1n) is 6.86. The van der Waals surface area contributed by atoms with Crippen molar-refractivity contribution in [2.24, 2.45) is 0 Å². The van der Waals surface area contributed by atoms with E-state index < -0.39 is 0 Å². The summed E-state index contributed by atoms with van der Waals surface area (Å²) in [5.74, 6) is 0. The molecule has 0 aromatic carbocycles. The van der Waals surface area contributed by atoms with Crippen LogP contribution >= 0.6 is 0 Å². The highest BCUT2D eigenvalue weighted by atomic mass is 15.2. The number of hydrogen-bond acceptors (Lipinski definition) is 2. The quantitative estimate of drug-likeness (QED) is 0.798. The minimum absolute atomic E-state index is 0.257. The molecule has 1 aromatic heterocycles. The predicted octanol–water partition coefficient (Wildman–Crippen LogP) is 1.79. The summed E-state index contributed by atoms with van der Waals surface area (Å²) in [6.45, 7) is 9.27. The van der Waals surface area contributed by atoms with Crippen LogP contribution in [0.4, 0.5) is 0 Å². The lowest BCUT2D eigenvalue weighted by Crippen LogP contribution is -2.56. The first-order chi connectivity index (χ1) is 8.21. The van der Waals surface area contributed by atoms with Crippen molar-refractivity contribution in [2.75, 3.05) is 19.6 Å². The van der Waals surface area contributed by atoms with Gasteiger partial charge in [-0.1, -0.05) is 0 Å². The van der Waals surface area contributed by atoms with Gasteiger partial charge in [0.15, 0.2) is 0 Å². The van der Waals surface area contributed by atoms with Crippen LogP contribution in [0.2, 0.25) is 0 Å². The van der Waals surface area contributed by atoms with E-state index in [1.807, 2.05) is 0 Å². The van der Waals surface area contributed by atoms with Crippen LogP contribution in [0.3, 0.4) is 0 Å². The molecule has 94 valence electrons. The molecule has 2 aliphatic heterocycles. The maximum absolute atomic E-state index is 3.79. The van der Waals surface area contributed by atoms with Crippen molar-refractivity contribution in [1.82, 2.24) is 14.8 Å². The zero-order valence-electron chi connectivity index (χ0n) is 10.9. The second kappa shape index (κ2) is 4.14. The molecular weight excluding hydrogens is 210 g/mol. The average Bonchev–Trinajstić information content (AvgIpc) is 2.80. The van der Waals surface area contributed by atoms with Crippen LogP contribution in [-0.4, -0.2) is 35.1 Å². The van der Waals surface area contributed by atoms with Gasteiger partial charge in [0.25, 0.3) is 0 Å². The van der Waals surface area contributed by atoms with E-state index in [1.54, 1.807) is 0 Å². The normalized spacial score (nSPS) is 24.2. The van der Waals surface area contributed by atoms with Gasteiger partial charge in [-0.2, -0.15) is 0 Å². The Morgan fingerprint density at radius 2 is 2.00 bits per heavy atom. The van der Waals surface area contributed by atoms with Gasteiger partial charge in [-0.3, -0.25) is 0 Å². The van der Waals surface area contributed by atoms with Gasteiger partial charge in [0.05, 0.1) is 5.54 Å². The summed E-state index contributed by atoms with van der Waals surface area (Å²) in [5, 5.41) is 3.79. The third kappa shape index (κ3) is 1.81. The van der Waals surface area contributed by atoms with E-state index in [0.29, 0.717) is 6.04 Å². The molecular formula is C14H23N3. The largest absolute Gasteiger partial charge is 0.348 e. The minimum Gasteiger partial charge on any atom is -0.348 e. The zero-order chi connectivity index (χ0) is 11.9. The number of rotatable bonds is 1. The molecule has 0 unspecified atom stereocenters.